The van der Waals surface area contributed by atoms with E-state index in [9.17, 15) is 9.59 Å². The van der Waals surface area contributed by atoms with Crippen molar-refractivity contribution >= 4 is 23.4 Å². The van der Waals surface area contributed by atoms with Gasteiger partial charge in [0.05, 0.1) is 22.0 Å². The van der Waals surface area contributed by atoms with Gasteiger partial charge in [0.1, 0.15) is 0 Å². The number of nitrogens with zero attached hydrogens (tertiary/aromatic N) is 2. The maximum Gasteiger partial charge on any atom is 0.340 e. The fraction of sp³-hybridized carbons (Fsp3) is 0.227. The number of aromatic nitrogens is 2. The predicted octanol–water partition coefficient (Wildman–Crippen LogP) is 3.42. The number of halogens is 1. The summed E-state index contributed by atoms with van der Waals surface area (Å²) in [5.41, 5.74) is 2.76. The van der Waals surface area contributed by atoms with Crippen LogP contribution in [-0.2, 0) is 10.3 Å². The fourth-order valence-corrected chi connectivity index (χ4v) is 4.41. The number of benzene rings is 2. The third-order valence-electron chi connectivity index (χ3n) is 5.59. The van der Waals surface area contributed by atoms with E-state index in [1.165, 1.54) is 0 Å². The summed E-state index contributed by atoms with van der Waals surface area (Å²) in [6.07, 6.45) is 2.53. The molecule has 0 amide bonds. The first-order chi connectivity index (χ1) is 14.0. The van der Waals surface area contributed by atoms with E-state index >= 15 is 0 Å². The highest BCUT2D eigenvalue weighted by molar-refractivity contribution is 6.35. The summed E-state index contributed by atoms with van der Waals surface area (Å²) in [7, 11) is 0. The van der Waals surface area contributed by atoms with E-state index in [-0.39, 0.29) is 5.78 Å². The van der Waals surface area contributed by atoms with Crippen molar-refractivity contribution in [1.29, 1.82) is 0 Å². The zero-order valence-electron chi connectivity index (χ0n) is 15.7. The van der Waals surface area contributed by atoms with Gasteiger partial charge in [0.25, 0.3) is 0 Å². The molecule has 0 saturated carbocycles. The Bertz CT molecular complexity index is 1160. The van der Waals surface area contributed by atoms with Gasteiger partial charge in [-0.2, -0.15) is 5.10 Å². The monoisotopic (exact) mass is 407 g/mol. The number of aryl methyl sites for hydroxylation is 1. The van der Waals surface area contributed by atoms with Crippen LogP contribution < -0.4 is 5.32 Å². The lowest BCUT2D eigenvalue weighted by atomic mass is 9.87. The van der Waals surface area contributed by atoms with E-state index in [2.05, 4.69) is 10.4 Å². The van der Waals surface area contributed by atoms with E-state index in [1.807, 2.05) is 25.3 Å². The number of ketones is 1. The topological polar surface area (TPSA) is 73.2 Å². The number of carbonyl (C=O) groups excluding carboxylic acids is 2. The van der Waals surface area contributed by atoms with Crippen molar-refractivity contribution in [2.75, 3.05) is 13.1 Å². The smallest absolute Gasteiger partial charge is 0.340 e. The van der Waals surface area contributed by atoms with Crippen LogP contribution in [0, 0.1) is 6.92 Å². The molecule has 2 aliphatic heterocycles. The molecule has 2 aromatic carbocycles. The largest absolute Gasteiger partial charge is 0.449 e. The van der Waals surface area contributed by atoms with Crippen molar-refractivity contribution in [2.45, 2.75) is 18.9 Å². The van der Waals surface area contributed by atoms with Crippen LogP contribution in [-0.4, -0.2) is 34.6 Å². The molecule has 1 saturated heterocycles. The Hall–Kier alpha value is -2.96. The normalized spacial score (nSPS) is 20.1. The summed E-state index contributed by atoms with van der Waals surface area (Å²) in [5, 5.41) is 7.90. The molecule has 146 valence electrons. The second-order valence-corrected chi connectivity index (χ2v) is 7.84. The second kappa shape index (κ2) is 6.54. The molecule has 3 aromatic rings. The minimum absolute atomic E-state index is 0.296. The molecule has 0 aliphatic carbocycles. The van der Waals surface area contributed by atoms with Gasteiger partial charge in [-0.3, -0.25) is 4.79 Å². The number of carbonyl (C=O) groups is 2. The zero-order chi connectivity index (χ0) is 20.2. The lowest BCUT2D eigenvalue weighted by Gasteiger charge is -2.21. The van der Waals surface area contributed by atoms with E-state index in [0.717, 1.165) is 23.5 Å². The summed E-state index contributed by atoms with van der Waals surface area (Å²) >= 11 is 6.45. The molecule has 1 fully saturated rings. The molecule has 29 heavy (non-hydrogen) atoms. The SMILES string of the molecule is Cc1ccn(-c2ccc(C(=O)c3cccc4c3C(=O)O[C@]43CCNC3)c(Cl)c2)n1. The third kappa shape index (κ3) is 2.79. The van der Waals surface area contributed by atoms with Gasteiger partial charge in [0, 0.05) is 35.9 Å². The summed E-state index contributed by atoms with van der Waals surface area (Å²) in [6, 6.07) is 12.4. The van der Waals surface area contributed by atoms with Crippen molar-refractivity contribution in [2.24, 2.45) is 0 Å². The first-order valence-electron chi connectivity index (χ1n) is 9.43. The molecule has 1 aromatic heterocycles. The van der Waals surface area contributed by atoms with Gasteiger partial charge in [0.2, 0.25) is 0 Å². The van der Waals surface area contributed by atoms with Gasteiger partial charge in [-0.25, -0.2) is 9.48 Å². The molecule has 0 bridgehead atoms. The Morgan fingerprint density at radius 3 is 2.79 bits per heavy atom. The van der Waals surface area contributed by atoms with Gasteiger partial charge in [-0.15, -0.1) is 0 Å². The lowest BCUT2D eigenvalue weighted by Crippen LogP contribution is -2.28. The van der Waals surface area contributed by atoms with E-state index in [4.69, 9.17) is 16.3 Å². The molecule has 0 unspecified atom stereocenters. The Morgan fingerprint density at radius 1 is 1.24 bits per heavy atom. The Kier molecular flexibility index (Phi) is 4.08. The minimum Gasteiger partial charge on any atom is -0.449 e. The first-order valence-corrected chi connectivity index (χ1v) is 9.81. The van der Waals surface area contributed by atoms with Gasteiger partial charge >= 0.3 is 5.97 Å². The number of hydrogen-bond acceptors (Lipinski definition) is 5. The number of fused-ring (bicyclic) bond motifs is 2. The summed E-state index contributed by atoms with van der Waals surface area (Å²) in [4.78, 5) is 26.0. The van der Waals surface area contributed by atoms with Crippen molar-refractivity contribution in [3.63, 3.8) is 0 Å². The molecule has 1 N–H and O–H groups in total. The number of hydrogen-bond donors (Lipinski definition) is 1. The summed E-state index contributed by atoms with van der Waals surface area (Å²) < 4.78 is 7.42. The lowest BCUT2D eigenvalue weighted by molar-refractivity contribution is 0.00159. The molecule has 0 radical (unpaired) electrons. The van der Waals surface area contributed by atoms with E-state index < -0.39 is 11.6 Å². The fourth-order valence-electron chi connectivity index (χ4n) is 4.15. The van der Waals surface area contributed by atoms with Crippen LogP contribution in [0.5, 0.6) is 0 Å². The summed E-state index contributed by atoms with van der Waals surface area (Å²) in [6.45, 7) is 3.23. The van der Waals surface area contributed by atoms with Gasteiger partial charge < -0.3 is 10.1 Å². The Balaban J connectivity index is 1.56. The molecule has 6 nitrogen and oxygen atoms in total. The van der Waals surface area contributed by atoms with Crippen molar-refractivity contribution < 1.29 is 14.3 Å². The van der Waals surface area contributed by atoms with Crippen LogP contribution in [0.25, 0.3) is 5.69 Å². The van der Waals surface area contributed by atoms with Crippen molar-refractivity contribution in [3.8, 4) is 5.69 Å². The first kappa shape index (κ1) is 18.1. The average molecular weight is 408 g/mol. The van der Waals surface area contributed by atoms with Crippen LogP contribution >= 0.6 is 11.6 Å². The Morgan fingerprint density at radius 2 is 2.10 bits per heavy atom. The van der Waals surface area contributed by atoms with Crippen LogP contribution in [0.15, 0.2) is 48.7 Å². The van der Waals surface area contributed by atoms with Gasteiger partial charge in [-0.05, 0) is 37.7 Å². The molecular formula is C22H18ClN3O3. The van der Waals surface area contributed by atoms with Crippen LogP contribution in [0.1, 0.15) is 44.0 Å². The van der Waals surface area contributed by atoms with Gasteiger partial charge in [-0.1, -0.05) is 29.8 Å². The number of rotatable bonds is 3. The molecule has 3 heterocycles. The molecule has 5 rings (SSSR count). The average Bonchev–Trinajstić information content (AvgIpc) is 3.42. The van der Waals surface area contributed by atoms with Crippen LogP contribution in [0.3, 0.4) is 0 Å². The maximum absolute atomic E-state index is 13.3. The number of nitrogens with one attached hydrogen (secondary N) is 1. The van der Waals surface area contributed by atoms with Crippen LogP contribution in [0.4, 0.5) is 0 Å². The highest BCUT2D eigenvalue weighted by Crippen LogP contribution is 2.42. The Labute approximate surface area is 172 Å². The highest BCUT2D eigenvalue weighted by atomic mass is 35.5. The third-order valence-corrected chi connectivity index (χ3v) is 5.91. The molecule has 7 heteroatoms. The van der Waals surface area contributed by atoms with E-state index in [0.29, 0.717) is 34.7 Å². The quantitative estimate of drug-likeness (QED) is 0.532. The number of esters is 1. The minimum atomic E-state index is -0.672. The summed E-state index contributed by atoms with van der Waals surface area (Å²) in [5.74, 6) is -0.748. The van der Waals surface area contributed by atoms with E-state index in [1.54, 1.807) is 35.0 Å². The van der Waals surface area contributed by atoms with Crippen LogP contribution in [0.2, 0.25) is 5.02 Å². The maximum atomic E-state index is 13.3. The predicted molar refractivity (Wildman–Crippen MR) is 108 cm³/mol. The van der Waals surface area contributed by atoms with Crippen molar-refractivity contribution in [1.82, 2.24) is 15.1 Å². The second-order valence-electron chi connectivity index (χ2n) is 7.43. The highest BCUT2D eigenvalue weighted by Gasteiger charge is 2.48. The van der Waals surface area contributed by atoms with Gasteiger partial charge in [0.15, 0.2) is 11.4 Å². The molecule has 1 atom stereocenters. The molecule has 2 aliphatic rings. The number of ether oxygens (including phenoxy) is 1. The molecular weight excluding hydrogens is 390 g/mol. The molecule has 1 spiro atoms. The standard InChI is InChI=1S/C22H18ClN3O3/c1-13-7-10-26(25-13)14-5-6-15(18(23)11-14)20(27)16-3-2-4-17-19(16)21(28)29-22(17)8-9-24-12-22/h2-7,10-11,24H,8-9,12H2,1H3/t22-/m0/s1. The zero-order valence-corrected chi connectivity index (χ0v) is 16.5. The van der Waals surface area contributed by atoms with Crippen molar-refractivity contribution in [3.05, 3.63) is 81.6 Å².